The van der Waals surface area contributed by atoms with Gasteiger partial charge in [0.2, 0.25) is 11.8 Å². The SMILES string of the molecule is C.C.COc1ccc(CN2CC(=O)NC[C](C)C(=O)C(C)CNC(=O)C2)cc1Cn1cccn1. The van der Waals surface area contributed by atoms with Crippen molar-refractivity contribution in [1.29, 1.82) is 0 Å². The highest BCUT2D eigenvalue weighted by Crippen LogP contribution is 2.22. The lowest BCUT2D eigenvalue weighted by molar-refractivity contribution is -0.126. The number of rotatable bonds is 5. The Morgan fingerprint density at radius 3 is 2.44 bits per heavy atom. The average molecular weight is 473 g/mol. The van der Waals surface area contributed by atoms with Gasteiger partial charge in [-0.05, 0) is 30.7 Å². The third-order valence-electron chi connectivity index (χ3n) is 5.40. The molecule has 1 unspecified atom stereocenters. The summed E-state index contributed by atoms with van der Waals surface area (Å²) in [5, 5.41) is 9.85. The fraction of sp³-hybridized carbons (Fsp3) is 0.480. The monoisotopic (exact) mass is 472 g/mol. The molecule has 34 heavy (non-hydrogen) atoms. The summed E-state index contributed by atoms with van der Waals surface area (Å²) in [5.74, 6) is 0.481. The molecule has 9 heteroatoms. The summed E-state index contributed by atoms with van der Waals surface area (Å²) in [5.41, 5.74) is 1.90. The van der Waals surface area contributed by atoms with Gasteiger partial charge in [-0.1, -0.05) is 27.8 Å². The largest absolute Gasteiger partial charge is 0.496 e. The smallest absolute Gasteiger partial charge is 0.234 e. The normalized spacial score (nSPS) is 18.4. The standard InChI is InChI=1S/C23H30N5O4.2CH4/c1-16-10-24-21(29)14-27(15-22(30)25-11-17(2)23(16)31)12-18-5-6-20(32-3)19(9-18)13-28-8-4-7-26-28;;/h4-9,16H,10-15H2,1-3H3,(H,24,29)(H,25,30);2*1H4. The van der Waals surface area contributed by atoms with Crippen LogP contribution in [0, 0.1) is 11.8 Å². The van der Waals surface area contributed by atoms with Gasteiger partial charge >= 0.3 is 0 Å². The van der Waals surface area contributed by atoms with Crippen molar-refractivity contribution < 1.29 is 19.1 Å². The van der Waals surface area contributed by atoms with Crippen molar-refractivity contribution in [2.24, 2.45) is 5.92 Å². The van der Waals surface area contributed by atoms with Gasteiger partial charge in [0.25, 0.3) is 0 Å². The molecule has 1 aromatic carbocycles. The van der Waals surface area contributed by atoms with Crippen molar-refractivity contribution in [3.05, 3.63) is 53.7 Å². The van der Waals surface area contributed by atoms with Crippen LogP contribution in [0.1, 0.15) is 39.8 Å². The van der Waals surface area contributed by atoms with E-state index in [1.165, 1.54) is 0 Å². The lowest BCUT2D eigenvalue weighted by atomic mass is 9.95. The van der Waals surface area contributed by atoms with Crippen LogP contribution in [-0.2, 0) is 27.5 Å². The van der Waals surface area contributed by atoms with Crippen molar-refractivity contribution >= 4 is 17.6 Å². The number of ketones is 1. The molecule has 0 bridgehead atoms. The first-order valence-electron chi connectivity index (χ1n) is 10.6. The predicted octanol–water partition coefficient (Wildman–Crippen LogP) is 2.06. The first-order valence-corrected chi connectivity index (χ1v) is 10.6. The Hall–Kier alpha value is -3.20. The molecule has 1 aliphatic heterocycles. The maximum Gasteiger partial charge on any atom is 0.234 e. The minimum absolute atomic E-state index is 0. The van der Waals surface area contributed by atoms with E-state index in [0.29, 0.717) is 19.0 Å². The molecule has 1 atom stereocenters. The molecule has 1 fully saturated rings. The molecule has 1 aromatic heterocycles. The number of nitrogens with one attached hydrogen (secondary N) is 2. The van der Waals surface area contributed by atoms with Gasteiger partial charge in [-0.15, -0.1) is 0 Å². The molecular formula is C25H38N5O4. The zero-order valence-electron chi connectivity index (χ0n) is 18.8. The van der Waals surface area contributed by atoms with Gasteiger partial charge in [-0.3, -0.25) is 24.0 Å². The molecule has 1 saturated heterocycles. The third kappa shape index (κ3) is 7.98. The fourth-order valence-corrected chi connectivity index (χ4v) is 3.66. The third-order valence-corrected chi connectivity index (χ3v) is 5.40. The number of hydrogen-bond donors (Lipinski definition) is 2. The Balaban J connectivity index is 0.00000289. The maximum absolute atomic E-state index is 12.5. The first kappa shape index (κ1) is 28.8. The highest BCUT2D eigenvalue weighted by Gasteiger charge is 2.24. The van der Waals surface area contributed by atoms with E-state index >= 15 is 0 Å². The first-order chi connectivity index (χ1) is 15.4. The van der Waals surface area contributed by atoms with Crippen LogP contribution < -0.4 is 15.4 Å². The quantitative estimate of drug-likeness (QED) is 0.690. The highest BCUT2D eigenvalue weighted by atomic mass is 16.5. The van der Waals surface area contributed by atoms with Gasteiger partial charge in [0, 0.05) is 43.5 Å². The van der Waals surface area contributed by atoms with E-state index in [2.05, 4.69) is 15.7 Å². The van der Waals surface area contributed by atoms with Gasteiger partial charge < -0.3 is 15.4 Å². The number of nitrogens with zero attached hydrogens (tertiary/aromatic N) is 3. The number of carbonyl (C=O) groups is 3. The van der Waals surface area contributed by atoms with Crippen LogP contribution >= 0.6 is 0 Å². The summed E-state index contributed by atoms with van der Waals surface area (Å²) in [6, 6.07) is 7.68. The van der Waals surface area contributed by atoms with E-state index in [9.17, 15) is 14.4 Å². The molecule has 2 N–H and O–H groups in total. The number of aromatic nitrogens is 2. The zero-order chi connectivity index (χ0) is 23.1. The molecular weight excluding hydrogens is 434 g/mol. The average Bonchev–Trinajstić information content (AvgIpc) is 3.28. The zero-order valence-corrected chi connectivity index (χ0v) is 18.8. The van der Waals surface area contributed by atoms with Gasteiger partial charge in [0.05, 0.1) is 32.7 Å². The van der Waals surface area contributed by atoms with Crippen LogP contribution in [0.25, 0.3) is 0 Å². The number of carbonyl (C=O) groups excluding carboxylic acids is 3. The number of ether oxygens (including phenoxy) is 1. The van der Waals surface area contributed by atoms with E-state index in [4.69, 9.17) is 4.74 Å². The number of hydrogen-bond acceptors (Lipinski definition) is 6. The molecule has 0 saturated carbocycles. The van der Waals surface area contributed by atoms with Crippen LogP contribution in [0.4, 0.5) is 0 Å². The summed E-state index contributed by atoms with van der Waals surface area (Å²) < 4.78 is 7.29. The summed E-state index contributed by atoms with van der Waals surface area (Å²) >= 11 is 0. The van der Waals surface area contributed by atoms with E-state index in [1.54, 1.807) is 36.7 Å². The van der Waals surface area contributed by atoms with Gasteiger partial charge in [0.1, 0.15) is 11.5 Å². The topological polar surface area (TPSA) is 106 Å². The molecule has 3 rings (SSSR count). The van der Waals surface area contributed by atoms with Crippen molar-refractivity contribution in [2.75, 3.05) is 33.3 Å². The molecule has 2 heterocycles. The Labute approximate surface area is 202 Å². The number of methoxy groups -OCH3 is 1. The van der Waals surface area contributed by atoms with E-state index in [0.717, 1.165) is 16.9 Å². The van der Waals surface area contributed by atoms with E-state index < -0.39 is 0 Å². The maximum atomic E-state index is 12.5. The number of benzene rings is 1. The second kappa shape index (κ2) is 13.5. The molecule has 1 aliphatic rings. The lowest BCUT2D eigenvalue weighted by Crippen LogP contribution is -2.46. The molecule has 9 nitrogen and oxygen atoms in total. The summed E-state index contributed by atoms with van der Waals surface area (Å²) in [6.45, 7) is 5.02. The number of amides is 2. The van der Waals surface area contributed by atoms with Gasteiger partial charge in [-0.2, -0.15) is 5.10 Å². The fourth-order valence-electron chi connectivity index (χ4n) is 3.66. The van der Waals surface area contributed by atoms with Crippen molar-refractivity contribution in [3.8, 4) is 5.75 Å². The van der Waals surface area contributed by atoms with Crippen LogP contribution in [0.3, 0.4) is 0 Å². The van der Waals surface area contributed by atoms with E-state index in [1.807, 2.05) is 30.5 Å². The Morgan fingerprint density at radius 2 is 1.79 bits per heavy atom. The van der Waals surface area contributed by atoms with Gasteiger partial charge in [-0.25, -0.2) is 0 Å². The van der Waals surface area contributed by atoms with Crippen LogP contribution in [0.15, 0.2) is 36.7 Å². The summed E-state index contributed by atoms with van der Waals surface area (Å²) in [7, 11) is 1.62. The van der Waals surface area contributed by atoms with Crippen LogP contribution in [0.5, 0.6) is 5.75 Å². The molecule has 2 aromatic rings. The second-order valence-corrected chi connectivity index (χ2v) is 8.12. The Kier molecular flexibility index (Phi) is 11.4. The van der Waals surface area contributed by atoms with Crippen molar-refractivity contribution in [2.45, 2.75) is 41.8 Å². The molecule has 0 aliphatic carbocycles. The summed E-state index contributed by atoms with van der Waals surface area (Å²) in [4.78, 5) is 39.1. The molecule has 187 valence electrons. The molecule has 1 radical (unpaired) electrons. The molecule has 0 spiro atoms. The highest BCUT2D eigenvalue weighted by molar-refractivity contribution is 5.95. The van der Waals surface area contributed by atoms with Crippen molar-refractivity contribution in [1.82, 2.24) is 25.3 Å². The Bertz CT molecular complexity index is 915. The number of Topliss-reactive ketones (excluding diaryl/α,β-unsaturated/α-hetero) is 1. The van der Waals surface area contributed by atoms with Crippen molar-refractivity contribution in [3.63, 3.8) is 0 Å². The minimum atomic E-state index is -0.338. The Morgan fingerprint density at radius 1 is 1.09 bits per heavy atom. The van der Waals surface area contributed by atoms with Gasteiger partial charge in [0.15, 0.2) is 0 Å². The van der Waals surface area contributed by atoms with E-state index in [-0.39, 0.29) is 64.5 Å². The van der Waals surface area contributed by atoms with Crippen LogP contribution in [0.2, 0.25) is 0 Å². The molecule has 2 amide bonds. The summed E-state index contributed by atoms with van der Waals surface area (Å²) in [6.07, 6.45) is 3.60. The lowest BCUT2D eigenvalue weighted by Gasteiger charge is -2.24. The van der Waals surface area contributed by atoms with Crippen LogP contribution in [-0.4, -0.2) is 65.6 Å². The predicted molar refractivity (Wildman–Crippen MR) is 132 cm³/mol. The minimum Gasteiger partial charge on any atom is -0.496 e. The second-order valence-electron chi connectivity index (χ2n) is 8.12.